The van der Waals surface area contributed by atoms with Crippen LogP contribution in [0.15, 0.2) is 48.5 Å². The molecule has 2 aromatic carbocycles. The van der Waals surface area contributed by atoms with Crippen molar-refractivity contribution in [1.82, 2.24) is 9.88 Å². The first-order valence-electron chi connectivity index (χ1n) is 9.40. The Morgan fingerprint density at radius 2 is 1.68 bits per heavy atom. The zero-order valence-electron chi connectivity index (χ0n) is 16.5. The summed E-state index contributed by atoms with van der Waals surface area (Å²) in [5.41, 5.74) is 1.12. The van der Waals surface area contributed by atoms with Crippen LogP contribution in [0, 0.1) is 0 Å². The average Bonchev–Trinajstić information content (AvgIpc) is 3.26. The fraction of sp³-hybridized carbons (Fsp3) is 0.238. The van der Waals surface area contributed by atoms with Crippen molar-refractivity contribution in [3.63, 3.8) is 0 Å². The van der Waals surface area contributed by atoms with E-state index in [1.807, 2.05) is 24.3 Å². The van der Waals surface area contributed by atoms with Gasteiger partial charge in [-0.25, -0.2) is 18.2 Å². The first-order chi connectivity index (χ1) is 14.7. The second-order valence-electron chi connectivity index (χ2n) is 7.14. The van der Waals surface area contributed by atoms with E-state index < -0.39 is 33.7 Å². The lowest BCUT2D eigenvalue weighted by Crippen LogP contribution is -2.46. The number of para-hydroxylation sites is 1. The van der Waals surface area contributed by atoms with Gasteiger partial charge in [0, 0.05) is 6.26 Å². The van der Waals surface area contributed by atoms with E-state index in [1.54, 1.807) is 12.1 Å². The maximum atomic E-state index is 12.9. The summed E-state index contributed by atoms with van der Waals surface area (Å²) in [5, 5.41) is 0.554. The Morgan fingerprint density at radius 1 is 1.06 bits per heavy atom. The lowest BCUT2D eigenvalue weighted by Gasteiger charge is -2.24. The molecule has 0 fully saturated rings. The van der Waals surface area contributed by atoms with Crippen molar-refractivity contribution in [3.8, 4) is 0 Å². The van der Waals surface area contributed by atoms with Crippen LogP contribution in [0.3, 0.4) is 0 Å². The molecule has 0 bridgehead atoms. The van der Waals surface area contributed by atoms with Crippen molar-refractivity contribution in [2.24, 2.45) is 0 Å². The van der Waals surface area contributed by atoms with Gasteiger partial charge in [-0.05, 0) is 30.7 Å². The van der Waals surface area contributed by atoms with E-state index in [0.717, 1.165) is 21.4 Å². The summed E-state index contributed by atoms with van der Waals surface area (Å²) in [6.07, 6.45) is 0.780. The smallest absolute Gasteiger partial charge is 0.329 e. The predicted molar refractivity (Wildman–Crippen MR) is 114 cm³/mol. The van der Waals surface area contributed by atoms with Crippen LogP contribution in [-0.2, 0) is 26.0 Å². The summed E-state index contributed by atoms with van der Waals surface area (Å²) in [4.78, 5) is 43.7. The molecule has 1 aliphatic heterocycles. The summed E-state index contributed by atoms with van der Waals surface area (Å²) in [6.45, 7) is -0.142. The molecule has 10 heteroatoms. The van der Waals surface area contributed by atoms with Crippen LogP contribution < -0.4 is 0 Å². The summed E-state index contributed by atoms with van der Waals surface area (Å²) >= 11 is 1.36. The Hall–Kier alpha value is -3.11. The molecule has 4 rings (SSSR count). The van der Waals surface area contributed by atoms with Gasteiger partial charge in [0.25, 0.3) is 11.8 Å². The topological polar surface area (TPSA) is 111 Å². The molecule has 160 valence electrons. The van der Waals surface area contributed by atoms with Gasteiger partial charge >= 0.3 is 5.97 Å². The second kappa shape index (κ2) is 8.20. The normalized spacial score (nSPS) is 14.7. The van der Waals surface area contributed by atoms with E-state index in [0.29, 0.717) is 5.01 Å². The van der Waals surface area contributed by atoms with E-state index in [9.17, 15) is 22.8 Å². The fourth-order valence-electron chi connectivity index (χ4n) is 3.38. The number of rotatable bonds is 7. The number of aromatic nitrogens is 1. The molecule has 1 aromatic heterocycles. The molecule has 0 saturated carbocycles. The van der Waals surface area contributed by atoms with Crippen LogP contribution in [0.25, 0.3) is 10.2 Å². The van der Waals surface area contributed by atoms with Gasteiger partial charge in [-0.2, -0.15) is 0 Å². The van der Waals surface area contributed by atoms with E-state index in [2.05, 4.69) is 4.98 Å². The zero-order chi connectivity index (χ0) is 22.2. The van der Waals surface area contributed by atoms with Gasteiger partial charge in [-0.15, -0.1) is 11.3 Å². The third-order valence-electron chi connectivity index (χ3n) is 4.85. The van der Waals surface area contributed by atoms with Crippen molar-refractivity contribution >= 4 is 49.2 Å². The van der Waals surface area contributed by atoms with Crippen LogP contribution in [0.1, 0.15) is 32.1 Å². The Morgan fingerprint density at radius 3 is 2.29 bits per heavy atom. The molecule has 3 aromatic rings. The number of amides is 2. The summed E-state index contributed by atoms with van der Waals surface area (Å²) in [5.74, 6) is -2.51. The number of hydrogen-bond donors (Lipinski definition) is 0. The number of hydrogen-bond acceptors (Lipinski definition) is 8. The lowest BCUT2D eigenvalue weighted by atomic mass is 10.1. The van der Waals surface area contributed by atoms with Gasteiger partial charge in [-0.3, -0.25) is 14.5 Å². The van der Waals surface area contributed by atoms with Crippen molar-refractivity contribution in [1.29, 1.82) is 0 Å². The number of imide groups is 1. The molecule has 31 heavy (non-hydrogen) atoms. The zero-order valence-corrected chi connectivity index (χ0v) is 18.1. The molecule has 1 atom stereocenters. The van der Waals surface area contributed by atoms with Crippen LogP contribution in [-0.4, -0.2) is 54.1 Å². The Kier molecular flexibility index (Phi) is 5.59. The van der Waals surface area contributed by atoms with Crippen molar-refractivity contribution in [3.05, 3.63) is 64.7 Å². The number of fused-ring (bicyclic) bond motifs is 2. The van der Waals surface area contributed by atoms with Gasteiger partial charge < -0.3 is 4.74 Å². The van der Waals surface area contributed by atoms with E-state index >= 15 is 0 Å². The highest BCUT2D eigenvalue weighted by molar-refractivity contribution is 7.90. The van der Waals surface area contributed by atoms with Crippen molar-refractivity contribution in [2.45, 2.75) is 19.1 Å². The number of esters is 1. The third-order valence-corrected chi connectivity index (χ3v) is 6.83. The van der Waals surface area contributed by atoms with Crippen molar-refractivity contribution in [2.75, 3.05) is 12.0 Å². The maximum Gasteiger partial charge on any atom is 0.329 e. The predicted octanol–water partition coefficient (Wildman–Crippen LogP) is 2.44. The minimum atomic E-state index is -3.44. The molecule has 0 aliphatic carbocycles. The fourth-order valence-corrected chi connectivity index (χ4v) is 4.91. The molecule has 0 N–H and O–H groups in total. The highest BCUT2D eigenvalue weighted by Crippen LogP contribution is 2.27. The Bertz CT molecular complexity index is 1230. The Balaban J connectivity index is 1.56. The Labute approximate surface area is 182 Å². The minimum Gasteiger partial charge on any atom is -0.457 e. The molecule has 8 nitrogen and oxygen atoms in total. The van der Waals surface area contributed by atoms with Gasteiger partial charge in [0.2, 0.25) is 0 Å². The molecule has 0 radical (unpaired) electrons. The lowest BCUT2D eigenvalue weighted by molar-refractivity contribution is -0.149. The molecule has 0 unspecified atom stereocenters. The van der Waals surface area contributed by atoms with Gasteiger partial charge in [0.15, 0.2) is 0 Å². The van der Waals surface area contributed by atoms with E-state index in [4.69, 9.17) is 4.74 Å². The monoisotopic (exact) mass is 458 g/mol. The molecule has 0 spiro atoms. The van der Waals surface area contributed by atoms with E-state index in [-0.39, 0.29) is 29.9 Å². The minimum absolute atomic E-state index is 0.142. The SMILES string of the molecule is CS(=O)(=O)CC[C@H](C(=O)OCc1nc2ccccc2s1)N1C(=O)c2ccccc2C1=O. The highest BCUT2D eigenvalue weighted by atomic mass is 32.2. The first-order valence-corrected chi connectivity index (χ1v) is 12.3. The number of ether oxygens (including phenoxy) is 1. The number of sulfone groups is 1. The second-order valence-corrected chi connectivity index (χ2v) is 10.5. The van der Waals surface area contributed by atoms with Gasteiger partial charge in [-0.1, -0.05) is 24.3 Å². The van der Waals surface area contributed by atoms with Gasteiger partial charge in [0.05, 0.1) is 27.1 Å². The highest BCUT2D eigenvalue weighted by Gasteiger charge is 2.43. The van der Waals surface area contributed by atoms with E-state index in [1.165, 1.54) is 23.5 Å². The summed E-state index contributed by atoms with van der Waals surface area (Å²) < 4.78 is 29.7. The molecule has 2 heterocycles. The standard InChI is InChI=1S/C21H18N2O6S2/c1-31(27,28)11-10-16(23-19(24)13-6-2-3-7-14(13)20(23)25)21(26)29-12-18-22-15-8-4-5-9-17(15)30-18/h2-9,16H,10-12H2,1H3/t16-/m1/s1. The number of carbonyl (C=O) groups excluding carboxylic acids is 3. The number of thiazole rings is 1. The average molecular weight is 459 g/mol. The van der Waals surface area contributed by atoms with Gasteiger partial charge in [0.1, 0.15) is 27.5 Å². The number of nitrogens with zero attached hydrogens (tertiary/aromatic N) is 2. The largest absolute Gasteiger partial charge is 0.457 e. The number of benzene rings is 2. The quantitative estimate of drug-likeness (QED) is 0.395. The third kappa shape index (κ3) is 4.35. The first kappa shape index (κ1) is 21.1. The van der Waals surface area contributed by atoms with Crippen LogP contribution in [0.2, 0.25) is 0 Å². The molecular formula is C21H18N2O6S2. The molecule has 2 amide bonds. The summed E-state index contributed by atoms with van der Waals surface area (Å²) in [7, 11) is -3.44. The van der Waals surface area contributed by atoms with Crippen molar-refractivity contribution < 1.29 is 27.5 Å². The molecular weight excluding hydrogens is 440 g/mol. The number of carbonyl (C=O) groups is 3. The van der Waals surface area contributed by atoms with Crippen LogP contribution >= 0.6 is 11.3 Å². The van der Waals surface area contributed by atoms with Crippen LogP contribution in [0.5, 0.6) is 0 Å². The molecule has 0 saturated heterocycles. The molecule has 1 aliphatic rings. The summed E-state index contributed by atoms with van der Waals surface area (Å²) in [6, 6.07) is 12.3. The van der Waals surface area contributed by atoms with Crippen LogP contribution in [0.4, 0.5) is 0 Å². The maximum absolute atomic E-state index is 12.9.